The fourth-order valence-corrected chi connectivity index (χ4v) is 1.67. The van der Waals surface area contributed by atoms with Gasteiger partial charge in [0.1, 0.15) is 5.75 Å². The summed E-state index contributed by atoms with van der Waals surface area (Å²) in [6.07, 6.45) is 1.94. The van der Waals surface area contributed by atoms with Crippen molar-refractivity contribution in [1.29, 1.82) is 0 Å². The molecule has 2 heteroatoms. The first kappa shape index (κ1) is 14.6. The topological polar surface area (TPSA) is 21.3 Å². The van der Waals surface area contributed by atoms with Crippen LogP contribution in [0.1, 0.15) is 45.2 Å². The van der Waals surface area contributed by atoms with Crippen LogP contribution in [0.3, 0.4) is 0 Å². The third-order valence-corrected chi connectivity index (χ3v) is 2.73. The minimum absolute atomic E-state index is 0.351. The van der Waals surface area contributed by atoms with Crippen LogP contribution in [0.25, 0.3) is 0 Å². The van der Waals surface area contributed by atoms with Crippen molar-refractivity contribution in [2.75, 3.05) is 13.2 Å². The SMILES string of the molecule is CC#CCCNC(C)c1ccc(OCCC)cc1. The Hall–Kier alpha value is -1.46. The first-order valence-corrected chi connectivity index (χ1v) is 6.63. The standard InChI is InChI=1S/C16H23NO/c1-4-6-7-12-17-14(3)15-8-10-16(11-9-15)18-13-5-2/h8-11,14,17H,5,7,12-13H2,1-3H3. The highest BCUT2D eigenvalue weighted by Crippen LogP contribution is 2.17. The largest absolute Gasteiger partial charge is 0.494 e. The molecule has 0 aliphatic heterocycles. The third kappa shape index (κ3) is 5.25. The second kappa shape index (κ2) is 8.60. The van der Waals surface area contributed by atoms with E-state index in [1.807, 2.05) is 19.1 Å². The Morgan fingerprint density at radius 2 is 2.00 bits per heavy atom. The molecule has 1 rings (SSSR count). The summed E-state index contributed by atoms with van der Waals surface area (Å²) in [6, 6.07) is 8.66. The highest BCUT2D eigenvalue weighted by Gasteiger charge is 2.03. The molecule has 0 saturated heterocycles. The molecule has 1 aromatic carbocycles. The van der Waals surface area contributed by atoms with Crippen LogP contribution in [0, 0.1) is 11.8 Å². The minimum Gasteiger partial charge on any atom is -0.494 e. The number of benzene rings is 1. The van der Waals surface area contributed by atoms with Crippen molar-refractivity contribution in [3.8, 4) is 17.6 Å². The first-order valence-electron chi connectivity index (χ1n) is 6.63. The molecule has 1 N–H and O–H groups in total. The van der Waals surface area contributed by atoms with Crippen LogP contribution in [0.15, 0.2) is 24.3 Å². The van der Waals surface area contributed by atoms with E-state index in [1.165, 1.54) is 5.56 Å². The maximum atomic E-state index is 5.56. The van der Waals surface area contributed by atoms with E-state index >= 15 is 0 Å². The van der Waals surface area contributed by atoms with E-state index in [2.05, 4.69) is 43.1 Å². The Bertz CT molecular complexity index is 386. The van der Waals surface area contributed by atoms with E-state index in [-0.39, 0.29) is 0 Å². The normalized spacial score (nSPS) is 11.5. The zero-order valence-electron chi connectivity index (χ0n) is 11.6. The van der Waals surface area contributed by atoms with E-state index in [0.29, 0.717) is 6.04 Å². The minimum atomic E-state index is 0.351. The number of hydrogen-bond donors (Lipinski definition) is 1. The van der Waals surface area contributed by atoms with Gasteiger partial charge in [-0.05, 0) is 38.0 Å². The average molecular weight is 245 g/mol. The average Bonchev–Trinajstić information content (AvgIpc) is 2.41. The molecule has 0 amide bonds. The smallest absolute Gasteiger partial charge is 0.119 e. The van der Waals surface area contributed by atoms with Crippen LogP contribution in [-0.4, -0.2) is 13.2 Å². The van der Waals surface area contributed by atoms with Crippen LogP contribution < -0.4 is 10.1 Å². The molecule has 0 radical (unpaired) electrons. The summed E-state index contributed by atoms with van der Waals surface area (Å²) in [5.41, 5.74) is 1.28. The van der Waals surface area contributed by atoms with Gasteiger partial charge in [-0.25, -0.2) is 0 Å². The van der Waals surface area contributed by atoms with Crippen LogP contribution in [-0.2, 0) is 0 Å². The molecule has 98 valence electrons. The van der Waals surface area contributed by atoms with Crippen LogP contribution >= 0.6 is 0 Å². The lowest BCUT2D eigenvalue weighted by molar-refractivity contribution is 0.317. The van der Waals surface area contributed by atoms with Crippen molar-refractivity contribution in [2.45, 2.75) is 39.7 Å². The van der Waals surface area contributed by atoms with E-state index in [1.54, 1.807) is 0 Å². The predicted octanol–water partition coefficient (Wildman–Crippen LogP) is 3.54. The van der Waals surface area contributed by atoms with Gasteiger partial charge in [0.25, 0.3) is 0 Å². The molecule has 0 saturated carbocycles. The van der Waals surface area contributed by atoms with Crippen LogP contribution in [0.5, 0.6) is 5.75 Å². The van der Waals surface area contributed by atoms with Gasteiger partial charge in [0, 0.05) is 19.0 Å². The summed E-state index contributed by atoms with van der Waals surface area (Å²) in [5, 5.41) is 3.45. The van der Waals surface area contributed by atoms with Gasteiger partial charge in [0.15, 0.2) is 0 Å². The van der Waals surface area contributed by atoms with Crippen LogP contribution in [0.2, 0.25) is 0 Å². The highest BCUT2D eigenvalue weighted by molar-refractivity contribution is 5.28. The molecule has 0 bridgehead atoms. The van der Waals surface area contributed by atoms with Gasteiger partial charge in [0.2, 0.25) is 0 Å². The summed E-state index contributed by atoms with van der Waals surface area (Å²) in [7, 11) is 0. The van der Waals surface area contributed by atoms with E-state index in [0.717, 1.165) is 31.7 Å². The molecule has 1 atom stereocenters. The highest BCUT2D eigenvalue weighted by atomic mass is 16.5. The molecule has 0 aliphatic rings. The zero-order valence-corrected chi connectivity index (χ0v) is 11.6. The molecule has 1 aromatic rings. The molecule has 0 aromatic heterocycles. The number of ether oxygens (including phenoxy) is 1. The summed E-state index contributed by atoms with van der Waals surface area (Å²) >= 11 is 0. The van der Waals surface area contributed by atoms with Gasteiger partial charge in [0.05, 0.1) is 6.61 Å². The van der Waals surface area contributed by atoms with E-state index < -0.39 is 0 Å². The van der Waals surface area contributed by atoms with Crippen LogP contribution in [0.4, 0.5) is 0 Å². The van der Waals surface area contributed by atoms with Crippen molar-refractivity contribution < 1.29 is 4.74 Å². The molecule has 0 aliphatic carbocycles. The van der Waals surface area contributed by atoms with Crippen molar-refractivity contribution >= 4 is 0 Å². The maximum Gasteiger partial charge on any atom is 0.119 e. The molecule has 0 heterocycles. The number of nitrogens with one attached hydrogen (secondary N) is 1. The van der Waals surface area contributed by atoms with Crippen molar-refractivity contribution in [2.24, 2.45) is 0 Å². The van der Waals surface area contributed by atoms with E-state index in [4.69, 9.17) is 4.74 Å². The van der Waals surface area contributed by atoms with Crippen molar-refractivity contribution in [3.63, 3.8) is 0 Å². The summed E-state index contributed by atoms with van der Waals surface area (Å²) in [4.78, 5) is 0. The Morgan fingerprint density at radius 1 is 1.28 bits per heavy atom. The zero-order chi connectivity index (χ0) is 13.2. The predicted molar refractivity (Wildman–Crippen MR) is 76.7 cm³/mol. The monoisotopic (exact) mass is 245 g/mol. The van der Waals surface area contributed by atoms with Gasteiger partial charge in [-0.3, -0.25) is 0 Å². The molecule has 1 unspecified atom stereocenters. The first-order chi connectivity index (χ1) is 8.77. The molecule has 0 fully saturated rings. The third-order valence-electron chi connectivity index (χ3n) is 2.73. The van der Waals surface area contributed by atoms with Crippen molar-refractivity contribution in [1.82, 2.24) is 5.32 Å². The van der Waals surface area contributed by atoms with Crippen molar-refractivity contribution in [3.05, 3.63) is 29.8 Å². The second-order valence-electron chi connectivity index (χ2n) is 4.27. The van der Waals surface area contributed by atoms with Gasteiger partial charge in [-0.2, -0.15) is 0 Å². The molecule has 18 heavy (non-hydrogen) atoms. The fourth-order valence-electron chi connectivity index (χ4n) is 1.67. The maximum absolute atomic E-state index is 5.56. The number of rotatable bonds is 7. The number of hydrogen-bond acceptors (Lipinski definition) is 2. The van der Waals surface area contributed by atoms with Gasteiger partial charge < -0.3 is 10.1 Å². The molecule has 2 nitrogen and oxygen atoms in total. The lowest BCUT2D eigenvalue weighted by Gasteiger charge is -2.14. The molecular weight excluding hydrogens is 222 g/mol. The molecule has 0 spiro atoms. The lowest BCUT2D eigenvalue weighted by Crippen LogP contribution is -2.19. The Labute approximate surface area is 111 Å². The van der Waals surface area contributed by atoms with Gasteiger partial charge in [-0.15, -0.1) is 11.8 Å². The summed E-state index contributed by atoms with van der Waals surface area (Å²) < 4.78 is 5.56. The second-order valence-corrected chi connectivity index (χ2v) is 4.27. The quantitative estimate of drug-likeness (QED) is 0.586. The lowest BCUT2D eigenvalue weighted by atomic mass is 10.1. The Kier molecular flexibility index (Phi) is 6.98. The summed E-state index contributed by atoms with van der Waals surface area (Å²) in [5.74, 6) is 6.91. The fraction of sp³-hybridized carbons (Fsp3) is 0.500. The van der Waals surface area contributed by atoms with Gasteiger partial charge in [-0.1, -0.05) is 19.1 Å². The van der Waals surface area contributed by atoms with E-state index in [9.17, 15) is 0 Å². The summed E-state index contributed by atoms with van der Waals surface area (Å²) in [6.45, 7) is 7.86. The Morgan fingerprint density at radius 3 is 2.61 bits per heavy atom. The molecular formula is C16H23NO. The Balaban J connectivity index is 2.42. The van der Waals surface area contributed by atoms with Gasteiger partial charge >= 0.3 is 0 Å².